The van der Waals surface area contributed by atoms with Gasteiger partial charge in [0.2, 0.25) is 0 Å². The smallest absolute Gasteiger partial charge is 0.142 e. The minimum Gasteiger partial charge on any atom is -0.384 e. The van der Waals surface area contributed by atoms with Gasteiger partial charge in [0.15, 0.2) is 0 Å². The number of hydrogen-bond donors (Lipinski definition) is 1. The van der Waals surface area contributed by atoms with Crippen LogP contribution in [0.15, 0.2) is 36.4 Å². The summed E-state index contributed by atoms with van der Waals surface area (Å²) in [6.07, 6.45) is -0.936. The lowest BCUT2D eigenvalue weighted by atomic mass is 9.98. The molecular weight excluding hydrogens is 267 g/mol. The molecule has 0 aliphatic carbocycles. The van der Waals surface area contributed by atoms with E-state index in [-0.39, 0.29) is 5.02 Å². The van der Waals surface area contributed by atoms with Crippen molar-refractivity contribution in [3.63, 3.8) is 0 Å². The fraction of sp³-hybridized carbons (Fsp3) is 0.200. The van der Waals surface area contributed by atoms with Crippen molar-refractivity contribution in [3.8, 4) is 0 Å². The zero-order chi connectivity index (χ0) is 13.4. The molecule has 98 valence electrons. The van der Waals surface area contributed by atoms with Gasteiger partial charge in [-0.15, -0.1) is 0 Å². The van der Waals surface area contributed by atoms with Gasteiger partial charge >= 0.3 is 0 Å². The van der Waals surface area contributed by atoms with E-state index in [1.807, 2.05) is 18.2 Å². The molecule has 3 rings (SSSR count). The number of ether oxygens (including phenoxy) is 1. The van der Waals surface area contributed by atoms with E-state index in [1.165, 1.54) is 12.1 Å². The Labute approximate surface area is 115 Å². The van der Waals surface area contributed by atoms with Gasteiger partial charge in [0, 0.05) is 5.56 Å². The molecule has 0 bridgehead atoms. The van der Waals surface area contributed by atoms with Crippen LogP contribution in [0.4, 0.5) is 4.39 Å². The molecule has 0 fully saturated rings. The van der Waals surface area contributed by atoms with Gasteiger partial charge in [-0.1, -0.05) is 41.9 Å². The summed E-state index contributed by atoms with van der Waals surface area (Å²) in [4.78, 5) is 0. The van der Waals surface area contributed by atoms with Gasteiger partial charge in [0.1, 0.15) is 11.9 Å². The van der Waals surface area contributed by atoms with Gasteiger partial charge in [0.05, 0.1) is 18.2 Å². The summed E-state index contributed by atoms with van der Waals surface area (Å²) < 4.78 is 18.7. The lowest BCUT2D eigenvalue weighted by Gasteiger charge is -2.14. The normalized spacial score (nSPS) is 15.3. The quantitative estimate of drug-likeness (QED) is 0.910. The molecule has 1 aliphatic heterocycles. The van der Waals surface area contributed by atoms with Crippen molar-refractivity contribution in [2.45, 2.75) is 19.3 Å². The Hall–Kier alpha value is -1.42. The first-order valence-corrected chi connectivity index (χ1v) is 6.36. The van der Waals surface area contributed by atoms with Gasteiger partial charge in [-0.3, -0.25) is 0 Å². The molecule has 19 heavy (non-hydrogen) atoms. The standard InChI is InChI=1S/C15H12ClFO2/c16-14-12(2-1-3-13(14)17)15(18)9-4-5-10-7-19-8-11(10)6-9/h1-6,15,18H,7-8H2. The van der Waals surface area contributed by atoms with Crippen LogP contribution < -0.4 is 0 Å². The van der Waals surface area contributed by atoms with Crippen LogP contribution in [0.25, 0.3) is 0 Å². The van der Waals surface area contributed by atoms with Crippen LogP contribution in [0.5, 0.6) is 0 Å². The van der Waals surface area contributed by atoms with Crippen LogP contribution >= 0.6 is 11.6 Å². The molecule has 1 heterocycles. The van der Waals surface area contributed by atoms with Gasteiger partial charge in [-0.25, -0.2) is 4.39 Å². The highest BCUT2D eigenvalue weighted by atomic mass is 35.5. The predicted molar refractivity (Wildman–Crippen MR) is 70.4 cm³/mol. The number of aliphatic hydroxyl groups excluding tert-OH is 1. The second kappa shape index (κ2) is 4.93. The first kappa shape index (κ1) is 12.6. The number of hydrogen-bond acceptors (Lipinski definition) is 2. The Morgan fingerprint density at radius 2 is 1.95 bits per heavy atom. The van der Waals surface area contributed by atoms with Crippen LogP contribution in [0.2, 0.25) is 5.02 Å². The van der Waals surface area contributed by atoms with Gasteiger partial charge < -0.3 is 9.84 Å². The molecule has 0 aromatic heterocycles. The first-order chi connectivity index (χ1) is 9.16. The summed E-state index contributed by atoms with van der Waals surface area (Å²) in [5, 5.41) is 10.3. The lowest BCUT2D eigenvalue weighted by Crippen LogP contribution is -2.02. The molecule has 0 amide bonds. The van der Waals surface area contributed by atoms with E-state index in [1.54, 1.807) is 6.07 Å². The van der Waals surface area contributed by atoms with E-state index in [4.69, 9.17) is 16.3 Å². The van der Waals surface area contributed by atoms with Crippen molar-refractivity contribution in [3.05, 3.63) is 69.5 Å². The van der Waals surface area contributed by atoms with Crippen molar-refractivity contribution >= 4 is 11.6 Å². The van der Waals surface area contributed by atoms with Crippen LogP contribution in [0, 0.1) is 5.82 Å². The molecule has 2 aromatic carbocycles. The van der Waals surface area contributed by atoms with Crippen molar-refractivity contribution < 1.29 is 14.2 Å². The molecule has 1 aliphatic rings. The molecule has 0 saturated heterocycles. The van der Waals surface area contributed by atoms with Gasteiger partial charge in [0.25, 0.3) is 0 Å². The summed E-state index contributed by atoms with van der Waals surface area (Å²) in [5.74, 6) is -0.525. The van der Waals surface area contributed by atoms with Gasteiger partial charge in [-0.2, -0.15) is 0 Å². The predicted octanol–water partition coefficient (Wildman–Crippen LogP) is 3.59. The summed E-state index contributed by atoms with van der Waals surface area (Å²) in [6.45, 7) is 1.15. The molecule has 4 heteroatoms. The lowest BCUT2D eigenvalue weighted by molar-refractivity contribution is 0.134. The van der Waals surface area contributed by atoms with Crippen molar-refractivity contribution in [1.82, 2.24) is 0 Å². The Morgan fingerprint density at radius 1 is 1.16 bits per heavy atom. The van der Waals surface area contributed by atoms with Crippen LogP contribution in [-0.4, -0.2) is 5.11 Å². The van der Waals surface area contributed by atoms with Gasteiger partial charge in [-0.05, 0) is 22.8 Å². The highest BCUT2D eigenvalue weighted by molar-refractivity contribution is 6.31. The Bertz CT molecular complexity index is 628. The molecule has 1 atom stereocenters. The summed E-state index contributed by atoms with van der Waals surface area (Å²) >= 11 is 5.90. The Morgan fingerprint density at radius 3 is 2.79 bits per heavy atom. The number of halogens is 2. The zero-order valence-electron chi connectivity index (χ0n) is 10.1. The molecular formula is C15H12ClFO2. The second-order valence-corrected chi connectivity index (χ2v) is 4.94. The third kappa shape index (κ3) is 2.25. The van der Waals surface area contributed by atoms with E-state index in [0.717, 1.165) is 11.1 Å². The minimum absolute atomic E-state index is 0.0354. The molecule has 1 N–H and O–H groups in total. The molecule has 0 saturated carbocycles. The van der Waals surface area contributed by atoms with E-state index in [0.29, 0.717) is 24.3 Å². The fourth-order valence-electron chi connectivity index (χ4n) is 2.27. The average molecular weight is 279 g/mol. The Balaban J connectivity index is 2.00. The molecule has 2 aromatic rings. The number of fused-ring (bicyclic) bond motifs is 1. The minimum atomic E-state index is -0.936. The SMILES string of the molecule is OC(c1ccc2c(c1)COC2)c1cccc(F)c1Cl. The van der Waals surface area contributed by atoms with Crippen molar-refractivity contribution in [2.75, 3.05) is 0 Å². The maximum absolute atomic E-state index is 13.4. The maximum Gasteiger partial charge on any atom is 0.142 e. The maximum atomic E-state index is 13.4. The summed E-state index contributed by atoms with van der Waals surface area (Å²) in [6, 6.07) is 10.1. The highest BCUT2D eigenvalue weighted by Gasteiger charge is 2.19. The molecule has 2 nitrogen and oxygen atoms in total. The van der Waals surface area contributed by atoms with E-state index >= 15 is 0 Å². The third-order valence-electron chi connectivity index (χ3n) is 3.34. The van der Waals surface area contributed by atoms with E-state index < -0.39 is 11.9 Å². The zero-order valence-corrected chi connectivity index (χ0v) is 10.8. The Kier molecular flexibility index (Phi) is 3.27. The summed E-state index contributed by atoms with van der Waals surface area (Å²) in [7, 11) is 0. The third-order valence-corrected chi connectivity index (χ3v) is 3.74. The largest absolute Gasteiger partial charge is 0.384 e. The number of rotatable bonds is 2. The number of aliphatic hydroxyl groups is 1. The van der Waals surface area contributed by atoms with Crippen molar-refractivity contribution in [2.24, 2.45) is 0 Å². The topological polar surface area (TPSA) is 29.5 Å². The van der Waals surface area contributed by atoms with E-state index in [9.17, 15) is 9.50 Å². The molecule has 1 unspecified atom stereocenters. The average Bonchev–Trinajstić information content (AvgIpc) is 2.88. The van der Waals surface area contributed by atoms with Crippen molar-refractivity contribution in [1.29, 1.82) is 0 Å². The van der Waals surface area contributed by atoms with Crippen LogP contribution in [0.3, 0.4) is 0 Å². The van der Waals surface area contributed by atoms with Crippen LogP contribution in [0.1, 0.15) is 28.4 Å². The molecule has 0 spiro atoms. The second-order valence-electron chi connectivity index (χ2n) is 4.57. The first-order valence-electron chi connectivity index (χ1n) is 5.98. The number of benzene rings is 2. The van der Waals surface area contributed by atoms with E-state index in [2.05, 4.69) is 0 Å². The van der Waals surface area contributed by atoms with Crippen LogP contribution in [-0.2, 0) is 18.0 Å². The molecule has 0 radical (unpaired) electrons. The fourth-order valence-corrected chi connectivity index (χ4v) is 2.50. The highest BCUT2D eigenvalue weighted by Crippen LogP contribution is 2.32. The summed E-state index contributed by atoms with van der Waals surface area (Å²) in [5.41, 5.74) is 3.25. The monoisotopic (exact) mass is 278 g/mol.